The van der Waals surface area contributed by atoms with Crippen molar-refractivity contribution in [3.63, 3.8) is 0 Å². The molecule has 2 N–H and O–H groups in total. The van der Waals surface area contributed by atoms with Crippen LogP contribution in [-0.2, 0) is 0 Å². The molecule has 3 heteroatoms. The first kappa shape index (κ1) is 10.8. The van der Waals surface area contributed by atoms with Crippen molar-refractivity contribution in [1.82, 2.24) is 0 Å². The lowest BCUT2D eigenvalue weighted by Crippen LogP contribution is -2.27. The Balaban J connectivity index is 2.27. The minimum atomic E-state index is 0.633. The molecule has 0 radical (unpaired) electrons. The molecule has 16 heavy (non-hydrogen) atoms. The Kier molecular flexibility index (Phi) is 3.00. The van der Waals surface area contributed by atoms with Gasteiger partial charge in [0.25, 0.3) is 0 Å². The summed E-state index contributed by atoms with van der Waals surface area (Å²) in [7, 11) is 0. The van der Waals surface area contributed by atoms with Crippen LogP contribution in [0.2, 0.25) is 0 Å². The van der Waals surface area contributed by atoms with Gasteiger partial charge in [0.15, 0.2) is 0 Å². The van der Waals surface area contributed by atoms with Crippen LogP contribution < -0.4 is 10.6 Å². The van der Waals surface area contributed by atoms with Crippen LogP contribution in [0, 0.1) is 11.3 Å². The van der Waals surface area contributed by atoms with Crippen molar-refractivity contribution in [2.45, 2.75) is 32.2 Å². The number of rotatable bonds is 4. The maximum absolute atomic E-state index is 8.80. The van der Waals surface area contributed by atoms with Gasteiger partial charge in [-0.3, -0.25) is 0 Å². The van der Waals surface area contributed by atoms with Gasteiger partial charge in [-0.2, -0.15) is 5.26 Å². The molecule has 1 aliphatic rings. The van der Waals surface area contributed by atoms with E-state index in [1.165, 1.54) is 12.8 Å². The molecule has 0 aromatic heterocycles. The van der Waals surface area contributed by atoms with Gasteiger partial charge in [-0.15, -0.1) is 0 Å². The van der Waals surface area contributed by atoms with Crippen molar-refractivity contribution in [1.29, 1.82) is 5.26 Å². The minimum absolute atomic E-state index is 0.633. The van der Waals surface area contributed by atoms with E-state index in [1.54, 1.807) is 6.07 Å². The molecule has 1 aliphatic carbocycles. The highest BCUT2D eigenvalue weighted by Crippen LogP contribution is 2.35. The van der Waals surface area contributed by atoms with Crippen LogP contribution in [0.15, 0.2) is 18.2 Å². The van der Waals surface area contributed by atoms with Gasteiger partial charge in [-0.1, -0.05) is 6.92 Å². The highest BCUT2D eigenvalue weighted by Gasteiger charge is 2.29. The monoisotopic (exact) mass is 215 g/mol. The second kappa shape index (κ2) is 4.44. The summed E-state index contributed by atoms with van der Waals surface area (Å²) >= 11 is 0. The molecule has 0 saturated heterocycles. The zero-order valence-corrected chi connectivity index (χ0v) is 9.61. The molecule has 84 valence electrons. The number of nitrogens with zero attached hydrogens (tertiary/aromatic N) is 2. The quantitative estimate of drug-likeness (QED) is 0.785. The van der Waals surface area contributed by atoms with Gasteiger partial charge in [0, 0.05) is 12.6 Å². The first-order chi connectivity index (χ1) is 7.76. The third-order valence-corrected chi connectivity index (χ3v) is 2.92. The predicted octanol–water partition coefficient (Wildman–Crippen LogP) is 2.52. The zero-order chi connectivity index (χ0) is 11.5. The summed E-state index contributed by atoms with van der Waals surface area (Å²) in [5, 5.41) is 8.80. The molecule has 0 aliphatic heterocycles. The fourth-order valence-corrected chi connectivity index (χ4v) is 2.01. The highest BCUT2D eigenvalue weighted by atomic mass is 15.2. The summed E-state index contributed by atoms with van der Waals surface area (Å²) < 4.78 is 0. The largest absolute Gasteiger partial charge is 0.397 e. The van der Waals surface area contributed by atoms with Crippen LogP contribution in [0.3, 0.4) is 0 Å². The van der Waals surface area contributed by atoms with Gasteiger partial charge >= 0.3 is 0 Å². The Hall–Kier alpha value is -1.69. The van der Waals surface area contributed by atoms with Crippen LogP contribution in [0.1, 0.15) is 31.7 Å². The Morgan fingerprint density at radius 1 is 1.50 bits per heavy atom. The zero-order valence-electron chi connectivity index (χ0n) is 9.61. The molecule has 1 fully saturated rings. The first-order valence-electron chi connectivity index (χ1n) is 5.82. The Morgan fingerprint density at radius 3 is 2.75 bits per heavy atom. The van der Waals surface area contributed by atoms with Crippen molar-refractivity contribution in [3.8, 4) is 6.07 Å². The van der Waals surface area contributed by atoms with Crippen molar-refractivity contribution >= 4 is 11.4 Å². The fraction of sp³-hybridized carbons (Fsp3) is 0.462. The molecule has 0 amide bonds. The predicted molar refractivity (Wildman–Crippen MR) is 66.2 cm³/mol. The summed E-state index contributed by atoms with van der Waals surface area (Å²) in [6.07, 6.45) is 3.65. The number of nitrogens with two attached hydrogens (primary N) is 1. The molecule has 0 bridgehead atoms. The Bertz CT molecular complexity index is 416. The lowest BCUT2D eigenvalue weighted by molar-refractivity contribution is 0.764. The van der Waals surface area contributed by atoms with E-state index in [0.717, 1.165) is 24.3 Å². The summed E-state index contributed by atoms with van der Waals surface area (Å²) in [6.45, 7) is 3.22. The summed E-state index contributed by atoms with van der Waals surface area (Å²) in [5.74, 6) is 0. The van der Waals surface area contributed by atoms with E-state index >= 15 is 0 Å². The number of benzene rings is 1. The van der Waals surface area contributed by atoms with E-state index < -0.39 is 0 Å². The Morgan fingerprint density at radius 2 is 2.25 bits per heavy atom. The van der Waals surface area contributed by atoms with Gasteiger partial charge in [-0.25, -0.2) is 0 Å². The van der Waals surface area contributed by atoms with Crippen LogP contribution >= 0.6 is 0 Å². The lowest BCUT2D eigenvalue weighted by atomic mass is 10.1. The van der Waals surface area contributed by atoms with Crippen LogP contribution in [0.25, 0.3) is 0 Å². The third-order valence-electron chi connectivity index (χ3n) is 2.92. The molecule has 0 unspecified atom stereocenters. The number of anilines is 2. The smallest absolute Gasteiger partial charge is 0.0992 e. The molecule has 1 aromatic rings. The number of nitrogen functional groups attached to an aromatic ring is 1. The molecule has 1 saturated carbocycles. The lowest BCUT2D eigenvalue weighted by Gasteiger charge is -2.25. The molecular formula is C13H17N3. The van der Waals surface area contributed by atoms with Crippen molar-refractivity contribution in [2.75, 3.05) is 17.2 Å². The van der Waals surface area contributed by atoms with E-state index in [0.29, 0.717) is 11.6 Å². The van der Waals surface area contributed by atoms with E-state index in [2.05, 4.69) is 17.9 Å². The van der Waals surface area contributed by atoms with E-state index in [-0.39, 0.29) is 0 Å². The normalized spacial score (nSPS) is 14.5. The molecule has 3 nitrogen and oxygen atoms in total. The summed E-state index contributed by atoms with van der Waals surface area (Å²) in [5.41, 5.74) is 8.44. The average molecular weight is 215 g/mol. The standard InChI is InChI=1S/C13H17N3/c1-2-7-16(11-4-5-11)13-6-3-10(9-14)8-12(13)15/h3,6,8,11H,2,4-5,7,15H2,1H3. The van der Waals surface area contributed by atoms with Crippen molar-refractivity contribution in [2.24, 2.45) is 0 Å². The van der Waals surface area contributed by atoms with Gasteiger partial charge in [0.05, 0.1) is 23.0 Å². The molecule has 0 heterocycles. The van der Waals surface area contributed by atoms with E-state index in [1.807, 2.05) is 12.1 Å². The molecule has 2 rings (SSSR count). The first-order valence-corrected chi connectivity index (χ1v) is 5.82. The summed E-state index contributed by atoms with van der Waals surface area (Å²) in [4.78, 5) is 2.37. The maximum Gasteiger partial charge on any atom is 0.0992 e. The average Bonchev–Trinajstić information content (AvgIpc) is 3.10. The van der Waals surface area contributed by atoms with Crippen LogP contribution in [0.5, 0.6) is 0 Å². The fourth-order valence-electron chi connectivity index (χ4n) is 2.01. The molecule has 1 aromatic carbocycles. The minimum Gasteiger partial charge on any atom is -0.397 e. The van der Waals surface area contributed by atoms with Crippen molar-refractivity contribution < 1.29 is 0 Å². The van der Waals surface area contributed by atoms with Gasteiger partial charge < -0.3 is 10.6 Å². The summed E-state index contributed by atoms with van der Waals surface area (Å²) in [6, 6.07) is 8.36. The van der Waals surface area contributed by atoms with E-state index in [9.17, 15) is 0 Å². The van der Waals surface area contributed by atoms with Crippen LogP contribution in [0.4, 0.5) is 11.4 Å². The highest BCUT2D eigenvalue weighted by molar-refractivity contribution is 5.70. The van der Waals surface area contributed by atoms with Crippen LogP contribution in [-0.4, -0.2) is 12.6 Å². The maximum atomic E-state index is 8.80. The second-order valence-corrected chi connectivity index (χ2v) is 4.31. The van der Waals surface area contributed by atoms with E-state index in [4.69, 9.17) is 11.0 Å². The molecule has 0 spiro atoms. The topological polar surface area (TPSA) is 53.0 Å². The third kappa shape index (κ3) is 2.11. The SMILES string of the molecule is CCCN(c1ccc(C#N)cc1N)C1CC1. The van der Waals surface area contributed by atoms with Gasteiger partial charge in [0.1, 0.15) is 0 Å². The molecular weight excluding hydrogens is 198 g/mol. The van der Waals surface area contributed by atoms with Gasteiger partial charge in [0.2, 0.25) is 0 Å². The Labute approximate surface area is 96.5 Å². The van der Waals surface area contributed by atoms with Crippen molar-refractivity contribution in [3.05, 3.63) is 23.8 Å². The number of hydrogen-bond donors (Lipinski definition) is 1. The molecule has 0 atom stereocenters. The second-order valence-electron chi connectivity index (χ2n) is 4.31. The number of hydrogen-bond acceptors (Lipinski definition) is 3. The van der Waals surface area contributed by atoms with Gasteiger partial charge in [-0.05, 0) is 37.5 Å². The number of nitriles is 1.